The van der Waals surface area contributed by atoms with Crippen molar-refractivity contribution < 1.29 is 13.9 Å². The summed E-state index contributed by atoms with van der Waals surface area (Å²) in [5, 5.41) is 2.47. The summed E-state index contributed by atoms with van der Waals surface area (Å²) < 4.78 is 18.8. The number of para-hydroxylation sites is 1. The fraction of sp³-hybridized carbons (Fsp3) is 0.133. The largest absolute Gasteiger partial charge is 0.496 e. The minimum absolute atomic E-state index is 0.0277. The van der Waals surface area contributed by atoms with Crippen molar-refractivity contribution in [3.63, 3.8) is 0 Å². The highest BCUT2D eigenvalue weighted by molar-refractivity contribution is 6.31. The van der Waals surface area contributed by atoms with Gasteiger partial charge in [0, 0.05) is 5.56 Å². The van der Waals surface area contributed by atoms with Gasteiger partial charge < -0.3 is 10.1 Å². The summed E-state index contributed by atoms with van der Waals surface area (Å²) in [6.45, 7) is 0. The molecule has 2 aromatic carbocycles. The van der Waals surface area contributed by atoms with Crippen LogP contribution in [0.3, 0.4) is 0 Å². The first kappa shape index (κ1) is 14.3. The van der Waals surface area contributed by atoms with Crippen LogP contribution in [0.5, 0.6) is 5.75 Å². The van der Waals surface area contributed by atoms with E-state index in [-0.39, 0.29) is 23.0 Å². The predicted octanol–water partition coefficient (Wildman–Crippen LogP) is 3.67. The van der Waals surface area contributed by atoms with Gasteiger partial charge >= 0.3 is 0 Å². The van der Waals surface area contributed by atoms with Crippen molar-refractivity contribution >= 4 is 23.2 Å². The normalized spacial score (nSPS) is 10.2. The third kappa shape index (κ3) is 3.27. The summed E-state index contributed by atoms with van der Waals surface area (Å²) in [5.41, 5.74) is 0.798. The van der Waals surface area contributed by atoms with Crippen LogP contribution in [0.15, 0.2) is 42.5 Å². The molecule has 5 heteroatoms. The molecular weight excluding hydrogens is 281 g/mol. The van der Waals surface area contributed by atoms with Crippen LogP contribution in [0.25, 0.3) is 0 Å². The number of amides is 1. The Bertz CT molecular complexity index is 631. The van der Waals surface area contributed by atoms with Gasteiger partial charge in [0.1, 0.15) is 5.75 Å². The van der Waals surface area contributed by atoms with Crippen LogP contribution >= 0.6 is 11.6 Å². The molecule has 1 amide bonds. The first-order valence-corrected chi connectivity index (χ1v) is 6.35. The average molecular weight is 294 g/mol. The van der Waals surface area contributed by atoms with Crippen molar-refractivity contribution in [2.24, 2.45) is 0 Å². The first-order chi connectivity index (χ1) is 9.61. The molecule has 0 saturated heterocycles. The van der Waals surface area contributed by atoms with Crippen molar-refractivity contribution in [1.29, 1.82) is 0 Å². The molecule has 0 saturated carbocycles. The molecule has 0 spiro atoms. The molecule has 104 valence electrons. The van der Waals surface area contributed by atoms with Gasteiger partial charge in [0.25, 0.3) is 0 Å². The molecule has 0 bridgehead atoms. The molecule has 0 aliphatic carbocycles. The van der Waals surface area contributed by atoms with E-state index in [4.69, 9.17) is 16.3 Å². The standard InChI is InChI=1S/C15H13ClFNO2/c1-20-13-8-3-2-5-10(13)9-14(19)18-12-7-4-6-11(16)15(12)17/h2-8H,9H2,1H3,(H,18,19). The molecule has 20 heavy (non-hydrogen) atoms. The van der Waals surface area contributed by atoms with E-state index in [2.05, 4.69) is 5.32 Å². The number of anilines is 1. The summed E-state index contributed by atoms with van der Waals surface area (Å²) in [6, 6.07) is 11.6. The molecule has 2 rings (SSSR count). The average Bonchev–Trinajstić information content (AvgIpc) is 2.44. The third-order valence-corrected chi connectivity index (χ3v) is 3.06. The van der Waals surface area contributed by atoms with Gasteiger partial charge in [0.05, 0.1) is 24.2 Å². The molecular formula is C15H13ClFNO2. The zero-order chi connectivity index (χ0) is 14.5. The van der Waals surface area contributed by atoms with Gasteiger partial charge in [-0.15, -0.1) is 0 Å². The lowest BCUT2D eigenvalue weighted by atomic mass is 10.1. The smallest absolute Gasteiger partial charge is 0.229 e. The van der Waals surface area contributed by atoms with Crippen LogP contribution in [0.1, 0.15) is 5.56 Å². The Morgan fingerprint density at radius 3 is 2.75 bits per heavy atom. The SMILES string of the molecule is COc1ccccc1CC(=O)Nc1cccc(Cl)c1F. The number of ether oxygens (including phenoxy) is 1. The Labute approximate surface area is 121 Å². The van der Waals surface area contributed by atoms with E-state index in [9.17, 15) is 9.18 Å². The number of rotatable bonds is 4. The van der Waals surface area contributed by atoms with Crippen LogP contribution in [-0.2, 0) is 11.2 Å². The van der Waals surface area contributed by atoms with E-state index in [0.29, 0.717) is 5.75 Å². The van der Waals surface area contributed by atoms with E-state index >= 15 is 0 Å². The maximum Gasteiger partial charge on any atom is 0.229 e. The van der Waals surface area contributed by atoms with Crippen molar-refractivity contribution in [3.8, 4) is 5.75 Å². The van der Waals surface area contributed by atoms with Gasteiger partial charge in [-0.25, -0.2) is 4.39 Å². The molecule has 0 aliphatic rings. The molecule has 2 aromatic rings. The van der Waals surface area contributed by atoms with Crippen LogP contribution in [0, 0.1) is 5.82 Å². The van der Waals surface area contributed by atoms with Crippen LogP contribution in [-0.4, -0.2) is 13.0 Å². The van der Waals surface area contributed by atoms with Gasteiger partial charge in [-0.2, -0.15) is 0 Å². The third-order valence-electron chi connectivity index (χ3n) is 2.77. The molecule has 0 aromatic heterocycles. The Kier molecular flexibility index (Phi) is 4.58. The molecule has 1 N–H and O–H groups in total. The molecule has 0 unspecified atom stereocenters. The predicted molar refractivity (Wildman–Crippen MR) is 76.7 cm³/mol. The second kappa shape index (κ2) is 6.39. The number of hydrogen-bond acceptors (Lipinski definition) is 2. The zero-order valence-electron chi connectivity index (χ0n) is 10.8. The summed E-state index contributed by atoms with van der Waals surface area (Å²) >= 11 is 5.66. The van der Waals surface area contributed by atoms with E-state index in [0.717, 1.165) is 5.56 Å². The highest BCUT2D eigenvalue weighted by atomic mass is 35.5. The maximum atomic E-state index is 13.7. The van der Waals surface area contributed by atoms with E-state index in [1.54, 1.807) is 18.2 Å². The topological polar surface area (TPSA) is 38.3 Å². The summed E-state index contributed by atoms with van der Waals surface area (Å²) in [4.78, 5) is 11.9. The fourth-order valence-electron chi connectivity index (χ4n) is 1.82. The van der Waals surface area contributed by atoms with Gasteiger partial charge in [0.2, 0.25) is 5.91 Å². The number of benzene rings is 2. The lowest BCUT2D eigenvalue weighted by Crippen LogP contribution is -2.15. The minimum atomic E-state index is -0.637. The highest BCUT2D eigenvalue weighted by Gasteiger charge is 2.12. The monoisotopic (exact) mass is 293 g/mol. The first-order valence-electron chi connectivity index (χ1n) is 5.97. The number of carbonyl (C=O) groups excluding carboxylic acids is 1. The van der Waals surface area contributed by atoms with Crippen LogP contribution in [0.4, 0.5) is 10.1 Å². The lowest BCUT2D eigenvalue weighted by Gasteiger charge is -2.09. The van der Waals surface area contributed by atoms with Gasteiger partial charge in [-0.3, -0.25) is 4.79 Å². The highest BCUT2D eigenvalue weighted by Crippen LogP contribution is 2.23. The second-order valence-electron chi connectivity index (χ2n) is 4.14. The molecule has 0 aliphatic heterocycles. The Morgan fingerprint density at radius 1 is 1.25 bits per heavy atom. The number of carbonyl (C=O) groups is 1. The van der Waals surface area contributed by atoms with Crippen LogP contribution < -0.4 is 10.1 Å². The number of halogens is 2. The van der Waals surface area contributed by atoms with E-state index < -0.39 is 5.82 Å². The Morgan fingerprint density at radius 2 is 2.00 bits per heavy atom. The second-order valence-corrected chi connectivity index (χ2v) is 4.55. The van der Waals surface area contributed by atoms with Gasteiger partial charge in [-0.05, 0) is 18.2 Å². The van der Waals surface area contributed by atoms with Crippen molar-refractivity contribution in [3.05, 3.63) is 58.9 Å². The van der Waals surface area contributed by atoms with Gasteiger partial charge in [0.15, 0.2) is 5.82 Å². The molecule has 3 nitrogen and oxygen atoms in total. The summed E-state index contributed by atoms with van der Waals surface area (Å²) in [7, 11) is 1.54. The summed E-state index contributed by atoms with van der Waals surface area (Å²) in [6.07, 6.45) is 0.0932. The van der Waals surface area contributed by atoms with Crippen molar-refractivity contribution in [2.75, 3.05) is 12.4 Å². The molecule has 0 fully saturated rings. The maximum absolute atomic E-state index is 13.7. The van der Waals surface area contributed by atoms with Gasteiger partial charge in [-0.1, -0.05) is 35.9 Å². The fourth-order valence-corrected chi connectivity index (χ4v) is 1.99. The van der Waals surface area contributed by atoms with Crippen molar-refractivity contribution in [2.45, 2.75) is 6.42 Å². The Balaban J connectivity index is 2.11. The number of nitrogens with one attached hydrogen (secondary N) is 1. The lowest BCUT2D eigenvalue weighted by molar-refractivity contribution is -0.115. The van der Waals surface area contributed by atoms with E-state index in [1.165, 1.54) is 19.2 Å². The Hall–Kier alpha value is -2.07. The summed E-state index contributed by atoms with van der Waals surface area (Å²) in [5.74, 6) is -0.354. The quantitative estimate of drug-likeness (QED) is 0.934. The number of hydrogen-bond donors (Lipinski definition) is 1. The van der Waals surface area contributed by atoms with Crippen LogP contribution in [0.2, 0.25) is 5.02 Å². The van der Waals surface area contributed by atoms with E-state index in [1.807, 2.05) is 12.1 Å². The van der Waals surface area contributed by atoms with Crippen molar-refractivity contribution in [1.82, 2.24) is 0 Å². The zero-order valence-corrected chi connectivity index (χ0v) is 11.6. The number of methoxy groups -OCH3 is 1. The molecule has 0 atom stereocenters. The molecule has 0 heterocycles. The minimum Gasteiger partial charge on any atom is -0.496 e. The molecule has 0 radical (unpaired) electrons.